The van der Waals surface area contributed by atoms with E-state index < -0.39 is 47.4 Å². The number of amides is 2. The first-order valence-electron chi connectivity index (χ1n) is 10.2. The van der Waals surface area contributed by atoms with Crippen LogP contribution in [0, 0.1) is 11.7 Å². The summed E-state index contributed by atoms with van der Waals surface area (Å²) in [6.07, 6.45) is -6.04. The lowest BCUT2D eigenvalue weighted by Gasteiger charge is -2.29. The topological polar surface area (TPSA) is 49.9 Å². The number of fused-ring (bicyclic) bond motifs is 1. The second-order valence-electron chi connectivity index (χ2n) is 7.85. The maximum atomic E-state index is 15.0. The van der Waals surface area contributed by atoms with Gasteiger partial charge in [-0.05, 0) is 42.5 Å². The predicted molar refractivity (Wildman–Crippen MR) is 115 cm³/mol. The lowest BCUT2D eigenvalue weighted by atomic mass is 9.90. The standard InChI is InChI=1S/C24H15ClF4N2O3/c25-16-10-5-11-17(26)18(16)20-19-21(34-31(20)14-7-2-1-3-8-14)23(33)30(22(19)32)15-9-4-6-13(12-15)24(27,28)29/h1-12,19-21H/t19-,20+,21-/m0/s1. The summed E-state index contributed by atoms with van der Waals surface area (Å²) >= 11 is 6.30. The molecule has 0 radical (unpaired) electrons. The van der Waals surface area contributed by atoms with E-state index in [9.17, 15) is 27.2 Å². The highest BCUT2D eigenvalue weighted by atomic mass is 35.5. The van der Waals surface area contributed by atoms with Crippen LogP contribution in [0.25, 0.3) is 0 Å². The van der Waals surface area contributed by atoms with Gasteiger partial charge in [-0.3, -0.25) is 14.4 Å². The Balaban J connectivity index is 1.61. The first kappa shape index (κ1) is 22.4. The van der Waals surface area contributed by atoms with Crippen LogP contribution < -0.4 is 9.96 Å². The number of anilines is 2. The van der Waals surface area contributed by atoms with Crippen molar-refractivity contribution in [3.8, 4) is 0 Å². The van der Waals surface area contributed by atoms with Crippen molar-refractivity contribution >= 4 is 34.8 Å². The number of carbonyl (C=O) groups is 2. The third-order valence-electron chi connectivity index (χ3n) is 5.85. The fourth-order valence-electron chi connectivity index (χ4n) is 4.38. The van der Waals surface area contributed by atoms with Crippen LogP contribution in [0.1, 0.15) is 17.2 Å². The Labute approximate surface area is 196 Å². The molecule has 5 rings (SSSR count). The highest BCUT2D eigenvalue weighted by molar-refractivity contribution is 6.31. The summed E-state index contributed by atoms with van der Waals surface area (Å²) in [5.41, 5.74) is -0.851. The van der Waals surface area contributed by atoms with Crippen molar-refractivity contribution in [2.75, 3.05) is 9.96 Å². The fourth-order valence-corrected chi connectivity index (χ4v) is 4.65. The zero-order valence-electron chi connectivity index (χ0n) is 17.2. The first-order valence-corrected chi connectivity index (χ1v) is 10.6. The quantitative estimate of drug-likeness (QED) is 0.357. The molecule has 3 aromatic rings. The van der Waals surface area contributed by atoms with Crippen molar-refractivity contribution in [2.45, 2.75) is 18.3 Å². The van der Waals surface area contributed by atoms with Gasteiger partial charge in [0.2, 0.25) is 5.91 Å². The van der Waals surface area contributed by atoms with Gasteiger partial charge < -0.3 is 0 Å². The average Bonchev–Trinajstić information content (AvgIpc) is 3.30. The monoisotopic (exact) mass is 490 g/mol. The normalized spacial score (nSPS) is 22.4. The number of benzene rings is 3. The predicted octanol–water partition coefficient (Wildman–Crippen LogP) is 5.55. The van der Waals surface area contributed by atoms with E-state index in [-0.39, 0.29) is 16.3 Å². The van der Waals surface area contributed by atoms with Crippen molar-refractivity contribution in [1.29, 1.82) is 0 Å². The van der Waals surface area contributed by atoms with Gasteiger partial charge >= 0.3 is 6.18 Å². The van der Waals surface area contributed by atoms with Crippen molar-refractivity contribution < 1.29 is 32.0 Å². The first-order chi connectivity index (χ1) is 16.2. The van der Waals surface area contributed by atoms with Gasteiger partial charge in [-0.15, -0.1) is 0 Å². The maximum Gasteiger partial charge on any atom is 0.416 e. The van der Waals surface area contributed by atoms with Gasteiger partial charge in [-0.2, -0.15) is 13.2 Å². The number of hydroxylamine groups is 1. The van der Waals surface area contributed by atoms with Crippen molar-refractivity contribution in [3.05, 3.63) is 94.8 Å². The molecule has 5 nitrogen and oxygen atoms in total. The number of carbonyl (C=O) groups excluding carboxylic acids is 2. The molecule has 0 aliphatic carbocycles. The second-order valence-corrected chi connectivity index (χ2v) is 8.26. The number of hydrogen-bond acceptors (Lipinski definition) is 4. The van der Waals surface area contributed by atoms with E-state index in [4.69, 9.17) is 16.4 Å². The van der Waals surface area contributed by atoms with E-state index in [0.717, 1.165) is 18.2 Å². The van der Waals surface area contributed by atoms with Gasteiger partial charge in [-0.1, -0.05) is 41.9 Å². The van der Waals surface area contributed by atoms with Crippen LogP contribution in [0.4, 0.5) is 28.9 Å². The number of para-hydroxylation sites is 1. The largest absolute Gasteiger partial charge is 0.416 e. The van der Waals surface area contributed by atoms with Crippen LogP contribution in [-0.2, 0) is 20.6 Å². The van der Waals surface area contributed by atoms with E-state index in [2.05, 4.69) is 0 Å². The van der Waals surface area contributed by atoms with Gasteiger partial charge in [0, 0.05) is 10.6 Å². The molecule has 3 atom stereocenters. The summed E-state index contributed by atoms with van der Waals surface area (Å²) in [7, 11) is 0. The van der Waals surface area contributed by atoms with Crippen LogP contribution in [0.15, 0.2) is 72.8 Å². The second kappa shape index (κ2) is 8.11. The summed E-state index contributed by atoms with van der Waals surface area (Å²) in [5.74, 6) is -3.60. The van der Waals surface area contributed by atoms with Crippen molar-refractivity contribution in [1.82, 2.24) is 0 Å². The third-order valence-corrected chi connectivity index (χ3v) is 6.18. The molecular formula is C24H15ClF4N2O3. The van der Waals surface area contributed by atoms with Gasteiger partial charge in [0.05, 0.1) is 16.9 Å². The van der Waals surface area contributed by atoms with Crippen LogP contribution in [0.3, 0.4) is 0 Å². The zero-order chi connectivity index (χ0) is 24.2. The van der Waals surface area contributed by atoms with Crippen LogP contribution in [0.2, 0.25) is 5.02 Å². The maximum absolute atomic E-state index is 15.0. The smallest absolute Gasteiger partial charge is 0.273 e. The number of hydrogen-bond donors (Lipinski definition) is 0. The van der Waals surface area contributed by atoms with Crippen molar-refractivity contribution in [3.63, 3.8) is 0 Å². The molecule has 2 aliphatic rings. The van der Waals surface area contributed by atoms with Gasteiger partial charge in [0.25, 0.3) is 5.91 Å². The summed E-state index contributed by atoms with van der Waals surface area (Å²) in [5, 5.41) is 1.28. The molecule has 2 saturated heterocycles. The SMILES string of the molecule is O=C1[C@@H]2[C@H](ON(c3ccccc3)[C@@H]2c2c(F)cccc2Cl)C(=O)N1c1cccc(C(F)(F)F)c1. The molecule has 174 valence electrons. The van der Waals surface area contributed by atoms with Gasteiger partial charge in [0.1, 0.15) is 17.8 Å². The molecule has 34 heavy (non-hydrogen) atoms. The van der Waals surface area contributed by atoms with Crippen LogP contribution in [0.5, 0.6) is 0 Å². The summed E-state index contributed by atoms with van der Waals surface area (Å²) in [6.45, 7) is 0. The fraction of sp³-hybridized carbons (Fsp3) is 0.167. The summed E-state index contributed by atoms with van der Waals surface area (Å²) in [4.78, 5) is 33.2. The minimum Gasteiger partial charge on any atom is -0.273 e. The molecule has 2 fully saturated rings. The Morgan fingerprint density at radius 2 is 1.53 bits per heavy atom. The number of halogens is 5. The molecule has 2 amide bonds. The Kier molecular flexibility index (Phi) is 5.33. The minimum absolute atomic E-state index is 0.0212. The lowest BCUT2D eigenvalue weighted by molar-refractivity contribution is -0.137. The summed E-state index contributed by atoms with van der Waals surface area (Å²) < 4.78 is 54.6. The highest BCUT2D eigenvalue weighted by Gasteiger charge is 2.61. The van der Waals surface area contributed by atoms with E-state index >= 15 is 0 Å². The third kappa shape index (κ3) is 3.52. The molecule has 0 aromatic heterocycles. The molecule has 0 spiro atoms. The van der Waals surface area contributed by atoms with Gasteiger partial charge in [0.15, 0.2) is 6.10 Å². The van der Waals surface area contributed by atoms with E-state index in [1.54, 1.807) is 30.3 Å². The molecule has 0 saturated carbocycles. The Bertz CT molecular complexity index is 1260. The molecule has 2 heterocycles. The minimum atomic E-state index is -4.67. The zero-order valence-corrected chi connectivity index (χ0v) is 17.9. The summed E-state index contributed by atoms with van der Waals surface area (Å²) in [6, 6.07) is 15.2. The number of imide groups is 1. The molecule has 0 unspecified atom stereocenters. The van der Waals surface area contributed by atoms with E-state index in [0.29, 0.717) is 10.6 Å². The Morgan fingerprint density at radius 1 is 0.853 bits per heavy atom. The highest BCUT2D eigenvalue weighted by Crippen LogP contribution is 2.49. The molecule has 2 aliphatic heterocycles. The number of alkyl halides is 3. The van der Waals surface area contributed by atoms with Crippen molar-refractivity contribution in [2.24, 2.45) is 5.92 Å². The van der Waals surface area contributed by atoms with Crippen LogP contribution >= 0.6 is 11.6 Å². The average molecular weight is 491 g/mol. The Morgan fingerprint density at radius 3 is 2.21 bits per heavy atom. The van der Waals surface area contributed by atoms with E-state index in [1.165, 1.54) is 29.3 Å². The lowest BCUT2D eigenvalue weighted by Crippen LogP contribution is -2.37. The molecule has 3 aromatic carbocycles. The number of rotatable bonds is 3. The van der Waals surface area contributed by atoms with E-state index in [1.807, 2.05) is 0 Å². The Hall–Kier alpha value is -3.43. The number of nitrogens with zero attached hydrogens (tertiary/aromatic N) is 2. The van der Waals surface area contributed by atoms with Gasteiger partial charge in [-0.25, -0.2) is 14.4 Å². The molecule has 0 N–H and O–H groups in total. The molecule has 0 bridgehead atoms. The molecule has 10 heteroatoms. The van der Waals surface area contributed by atoms with Crippen LogP contribution in [-0.4, -0.2) is 17.9 Å². The molecular weight excluding hydrogens is 476 g/mol.